The molecule has 0 spiro atoms. The zero-order chi connectivity index (χ0) is 13.5. The topological polar surface area (TPSA) is 9.23 Å². The standard InChI is InChI=1S/C17H28OS/c1-12-13(2)16(19-14-8-4-5-9-14)17(18-3)11-7-6-10-15(12)17/h12,14-16H,2,4-11H2,1,3H3/t12-,15+,16-,17-/m1/s1. The van der Waals surface area contributed by atoms with Crippen molar-refractivity contribution in [3.8, 4) is 0 Å². The molecule has 0 heterocycles. The Bertz CT molecular complexity index is 347. The number of methoxy groups -OCH3 is 1. The second-order valence-corrected chi connectivity index (χ2v) is 8.21. The minimum absolute atomic E-state index is 0.113. The lowest BCUT2D eigenvalue weighted by Gasteiger charge is -2.43. The van der Waals surface area contributed by atoms with E-state index in [-0.39, 0.29) is 5.60 Å². The Hall–Kier alpha value is 0.0500. The molecular formula is C17H28OS. The smallest absolute Gasteiger partial charge is 0.0867 e. The van der Waals surface area contributed by atoms with E-state index in [9.17, 15) is 0 Å². The summed E-state index contributed by atoms with van der Waals surface area (Å²) in [6.07, 6.45) is 11.0. The van der Waals surface area contributed by atoms with Gasteiger partial charge in [0.15, 0.2) is 0 Å². The molecule has 0 aromatic rings. The van der Waals surface area contributed by atoms with Crippen molar-refractivity contribution in [3.63, 3.8) is 0 Å². The number of ether oxygens (including phenoxy) is 1. The molecule has 0 saturated heterocycles. The Morgan fingerprint density at radius 2 is 1.84 bits per heavy atom. The van der Waals surface area contributed by atoms with Gasteiger partial charge in [0, 0.05) is 12.4 Å². The number of fused-ring (bicyclic) bond motifs is 1. The molecule has 3 fully saturated rings. The molecule has 19 heavy (non-hydrogen) atoms. The highest BCUT2D eigenvalue weighted by molar-refractivity contribution is 8.00. The van der Waals surface area contributed by atoms with Gasteiger partial charge in [-0.25, -0.2) is 0 Å². The van der Waals surface area contributed by atoms with Crippen molar-refractivity contribution >= 4 is 11.8 Å². The summed E-state index contributed by atoms with van der Waals surface area (Å²) in [6, 6.07) is 0. The summed E-state index contributed by atoms with van der Waals surface area (Å²) in [5.41, 5.74) is 1.59. The fraction of sp³-hybridized carbons (Fsp3) is 0.882. The van der Waals surface area contributed by atoms with Crippen molar-refractivity contribution in [2.24, 2.45) is 11.8 Å². The van der Waals surface area contributed by atoms with Gasteiger partial charge in [-0.1, -0.05) is 44.8 Å². The van der Waals surface area contributed by atoms with Crippen molar-refractivity contribution in [2.45, 2.75) is 74.4 Å². The minimum Gasteiger partial charge on any atom is -0.376 e. The van der Waals surface area contributed by atoms with E-state index in [0.717, 1.165) is 11.2 Å². The van der Waals surface area contributed by atoms with Crippen molar-refractivity contribution < 1.29 is 4.74 Å². The SMILES string of the molecule is C=C1[C@@H](C)[C@@H]2CCCC[C@]2(OC)[C@@H]1SC1CCCC1. The lowest BCUT2D eigenvalue weighted by atomic mass is 9.75. The predicted octanol–water partition coefficient (Wildman–Crippen LogP) is 4.81. The molecule has 0 aromatic carbocycles. The molecule has 2 heteroatoms. The summed E-state index contributed by atoms with van der Waals surface area (Å²) in [4.78, 5) is 0. The van der Waals surface area contributed by atoms with Crippen LogP contribution in [-0.4, -0.2) is 23.2 Å². The quantitative estimate of drug-likeness (QED) is 0.686. The van der Waals surface area contributed by atoms with Crippen LogP contribution in [-0.2, 0) is 4.74 Å². The first-order valence-electron chi connectivity index (χ1n) is 8.08. The molecule has 0 aliphatic heterocycles. The minimum atomic E-state index is 0.113. The van der Waals surface area contributed by atoms with E-state index >= 15 is 0 Å². The predicted molar refractivity (Wildman–Crippen MR) is 83.6 cm³/mol. The number of rotatable bonds is 3. The summed E-state index contributed by atoms with van der Waals surface area (Å²) in [7, 11) is 1.95. The monoisotopic (exact) mass is 280 g/mol. The summed E-state index contributed by atoms with van der Waals surface area (Å²) < 4.78 is 6.18. The fourth-order valence-electron chi connectivity index (χ4n) is 4.78. The Morgan fingerprint density at radius 3 is 2.53 bits per heavy atom. The highest BCUT2D eigenvalue weighted by Crippen LogP contribution is 2.58. The van der Waals surface area contributed by atoms with Crippen LogP contribution >= 0.6 is 11.8 Å². The first-order chi connectivity index (χ1) is 9.19. The third-order valence-electron chi connectivity index (χ3n) is 5.94. The molecule has 0 aromatic heterocycles. The summed E-state index contributed by atoms with van der Waals surface area (Å²) in [5, 5.41) is 1.42. The summed E-state index contributed by atoms with van der Waals surface area (Å²) in [5.74, 6) is 1.37. The highest BCUT2D eigenvalue weighted by atomic mass is 32.2. The van der Waals surface area contributed by atoms with Gasteiger partial charge in [0.2, 0.25) is 0 Å². The Balaban J connectivity index is 1.84. The van der Waals surface area contributed by atoms with Crippen LogP contribution in [0.5, 0.6) is 0 Å². The molecule has 4 atom stereocenters. The van der Waals surface area contributed by atoms with Gasteiger partial charge in [-0.05, 0) is 37.5 Å². The molecule has 108 valence electrons. The Labute approximate surface area is 122 Å². The maximum absolute atomic E-state index is 6.18. The molecule has 0 radical (unpaired) electrons. The number of thioether (sulfide) groups is 1. The lowest BCUT2D eigenvalue weighted by molar-refractivity contribution is -0.0681. The zero-order valence-corrected chi connectivity index (χ0v) is 13.3. The van der Waals surface area contributed by atoms with E-state index in [2.05, 4.69) is 25.3 Å². The van der Waals surface area contributed by atoms with Crippen molar-refractivity contribution in [1.82, 2.24) is 0 Å². The van der Waals surface area contributed by atoms with E-state index in [4.69, 9.17) is 4.74 Å². The molecule has 3 aliphatic carbocycles. The molecule has 0 bridgehead atoms. The molecule has 1 nitrogen and oxygen atoms in total. The number of hydrogen-bond donors (Lipinski definition) is 0. The summed E-state index contributed by atoms with van der Waals surface area (Å²) >= 11 is 2.21. The maximum Gasteiger partial charge on any atom is 0.0867 e. The molecule has 3 saturated carbocycles. The molecule has 0 amide bonds. The van der Waals surface area contributed by atoms with Crippen LogP contribution in [0.15, 0.2) is 12.2 Å². The molecule has 3 rings (SSSR count). The van der Waals surface area contributed by atoms with Gasteiger partial charge in [0.25, 0.3) is 0 Å². The molecule has 3 aliphatic rings. The highest BCUT2D eigenvalue weighted by Gasteiger charge is 2.57. The first kappa shape index (κ1) is 14.0. The van der Waals surface area contributed by atoms with Crippen LogP contribution < -0.4 is 0 Å². The van der Waals surface area contributed by atoms with Crippen molar-refractivity contribution in [2.75, 3.05) is 7.11 Å². The van der Waals surface area contributed by atoms with Crippen molar-refractivity contribution in [1.29, 1.82) is 0 Å². The van der Waals surface area contributed by atoms with Crippen LogP contribution in [0.2, 0.25) is 0 Å². The van der Waals surface area contributed by atoms with Gasteiger partial charge >= 0.3 is 0 Å². The van der Waals surface area contributed by atoms with Crippen LogP contribution in [0, 0.1) is 11.8 Å². The zero-order valence-electron chi connectivity index (χ0n) is 12.5. The number of hydrogen-bond acceptors (Lipinski definition) is 2. The largest absolute Gasteiger partial charge is 0.376 e. The van der Waals surface area contributed by atoms with Crippen LogP contribution in [0.4, 0.5) is 0 Å². The van der Waals surface area contributed by atoms with Gasteiger partial charge < -0.3 is 4.74 Å². The van der Waals surface area contributed by atoms with E-state index in [1.54, 1.807) is 0 Å². The van der Waals surface area contributed by atoms with Gasteiger partial charge in [-0.2, -0.15) is 0 Å². The average molecular weight is 280 g/mol. The molecule has 0 unspecified atom stereocenters. The van der Waals surface area contributed by atoms with Gasteiger partial charge in [-0.15, -0.1) is 11.8 Å². The van der Waals surface area contributed by atoms with Crippen molar-refractivity contribution in [3.05, 3.63) is 12.2 Å². The van der Waals surface area contributed by atoms with E-state index in [0.29, 0.717) is 11.2 Å². The van der Waals surface area contributed by atoms with E-state index < -0.39 is 0 Å². The third kappa shape index (κ3) is 2.19. The second kappa shape index (κ2) is 5.44. The second-order valence-electron chi connectivity index (χ2n) is 6.80. The van der Waals surface area contributed by atoms with E-state index in [1.165, 1.54) is 56.9 Å². The van der Waals surface area contributed by atoms with Crippen LogP contribution in [0.3, 0.4) is 0 Å². The summed E-state index contributed by atoms with van der Waals surface area (Å²) in [6.45, 7) is 6.87. The third-order valence-corrected chi connectivity index (χ3v) is 7.77. The van der Waals surface area contributed by atoms with Crippen LogP contribution in [0.25, 0.3) is 0 Å². The lowest BCUT2D eigenvalue weighted by Crippen LogP contribution is -2.47. The average Bonchev–Trinajstić information content (AvgIpc) is 3.02. The molecule has 0 N–H and O–H groups in total. The molecular weight excluding hydrogens is 252 g/mol. The fourth-order valence-corrected chi connectivity index (χ4v) is 6.78. The van der Waals surface area contributed by atoms with Crippen LogP contribution in [0.1, 0.15) is 58.3 Å². The van der Waals surface area contributed by atoms with Gasteiger partial charge in [0.05, 0.1) is 10.9 Å². The first-order valence-corrected chi connectivity index (χ1v) is 9.02. The van der Waals surface area contributed by atoms with Gasteiger partial charge in [0.1, 0.15) is 0 Å². The Morgan fingerprint density at radius 1 is 1.16 bits per heavy atom. The maximum atomic E-state index is 6.18. The van der Waals surface area contributed by atoms with Gasteiger partial charge in [-0.3, -0.25) is 0 Å². The Kier molecular flexibility index (Phi) is 4.01. The van der Waals surface area contributed by atoms with E-state index in [1.807, 2.05) is 7.11 Å². The normalized spacial score (nSPS) is 43.7.